The van der Waals surface area contributed by atoms with Crippen LogP contribution >= 0.6 is 15.9 Å². The van der Waals surface area contributed by atoms with Gasteiger partial charge in [-0.1, -0.05) is 0 Å². The van der Waals surface area contributed by atoms with Crippen LogP contribution in [0.25, 0.3) is 10.8 Å². The van der Waals surface area contributed by atoms with Crippen LogP contribution in [0.3, 0.4) is 0 Å². The first kappa shape index (κ1) is 17.9. The summed E-state index contributed by atoms with van der Waals surface area (Å²) in [5, 5.41) is 7.61. The van der Waals surface area contributed by atoms with E-state index < -0.39 is 17.3 Å². The lowest BCUT2D eigenvalue weighted by Gasteiger charge is -2.14. The minimum atomic E-state index is -0.614. The lowest BCUT2D eigenvalue weighted by molar-refractivity contribution is -0.117. The molecule has 0 saturated heterocycles. The Labute approximate surface area is 155 Å². The Bertz CT molecular complexity index is 1040. The molecule has 0 atom stereocenters. The molecule has 2 aromatic heterocycles. The van der Waals surface area contributed by atoms with Crippen molar-refractivity contribution in [3.8, 4) is 0 Å². The molecule has 134 valence electrons. The first-order valence-electron chi connectivity index (χ1n) is 7.50. The number of halogens is 2. The van der Waals surface area contributed by atoms with Gasteiger partial charge in [0.2, 0.25) is 11.9 Å². The fourth-order valence-electron chi connectivity index (χ4n) is 2.30. The van der Waals surface area contributed by atoms with Crippen LogP contribution < -0.4 is 15.8 Å². The summed E-state index contributed by atoms with van der Waals surface area (Å²) in [7, 11) is 3.79. The summed E-state index contributed by atoms with van der Waals surface area (Å²) in [5.74, 6) is -1.22. The molecular formula is C16H14BrFN6O2. The van der Waals surface area contributed by atoms with Gasteiger partial charge < -0.3 is 4.90 Å². The smallest absolute Gasteiger partial charge is 0.275 e. The SMILES string of the molecule is CN(C)c1ccc2c(=O)n(CC(=O)Nc3ncc(F)cn3)nc(Br)c2c1. The summed E-state index contributed by atoms with van der Waals surface area (Å²) < 4.78 is 14.3. The van der Waals surface area contributed by atoms with Gasteiger partial charge in [-0.15, -0.1) is 0 Å². The normalized spacial score (nSPS) is 10.8. The quantitative estimate of drug-likeness (QED) is 0.691. The third kappa shape index (κ3) is 3.69. The third-order valence-corrected chi connectivity index (χ3v) is 4.17. The Morgan fingerprint density at radius 1 is 1.27 bits per heavy atom. The molecule has 0 fully saturated rings. The topological polar surface area (TPSA) is 93.0 Å². The number of aromatic nitrogens is 4. The molecule has 26 heavy (non-hydrogen) atoms. The van der Waals surface area contributed by atoms with Crippen molar-refractivity contribution in [2.45, 2.75) is 6.54 Å². The molecule has 0 spiro atoms. The van der Waals surface area contributed by atoms with E-state index in [1.807, 2.05) is 31.1 Å². The lowest BCUT2D eigenvalue weighted by Crippen LogP contribution is -2.30. The Morgan fingerprint density at radius 3 is 2.62 bits per heavy atom. The third-order valence-electron chi connectivity index (χ3n) is 3.58. The Hall–Kier alpha value is -2.88. The van der Waals surface area contributed by atoms with Crippen molar-refractivity contribution >= 4 is 44.2 Å². The van der Waals surface area contributed by atoms with Crippen LogP contribution in [0.4, 0.5) is 16.0 Å². The fraction of sp³-hybridized carbons (Fsp3) is 0.188. The number of nitrogens with one attached hydrogen (secondary N) is 1. The minimum absolute atomic E-state index is 0.0556. The number of benzene rings is 1. The molecule has 3 aromatic rings. The van der Waals surface area contributed by atoms with Crippen molar-refractivity contribution < 1.29 is 9.18 Å². The maximum Gasteiger partial charge on any atom is 0.275 e. The van der Waals surface area contributed by atoms with E-state index in [0.717, 1.165) is 22.8 Å². The van der Waals surface area contributed by atoms with Gasteiger partial charge in [0.15, 0.2) is 5.82 Å². The van der Waals surface area contributed by atoms with Crippen LogP contribution in [0.2, 0.25) is 0 Å². The van der Waals surface area contributed by atoms with E-state index in [4.69, 9.17) is 0 Å². The van der Waals surface area contributed by atoms with Crippen molar-refractivity contribution in [2.75, 3.05) is 24.3 Å². The van der Waals surface area contributed by atoms with Gasteiger partial charge in [0.25, 0.3) is 5.56 Å². The zero-order chi connectivity index (χ0) is 18.8. The van der Waals surface area contributed by atoms with Gasteiger partial charge in [0.1, 0.15) is 11.1 Å². The van der Waals surface area contributed by atoms with Crippen LogP contribution in [0.5, 0.6) is 0 Å². The number of carbonyl (C=O) groups excluding carboxylic acids is 1. The summed E-state index contributed by atoms with van der Waals surface area (Å²) >= 11 is 3.34. The van der Waals surface area contributed by atoms with E-state index in [1.165, 1.54) is 0 Å². The molecule has 0 bridgehead atoms. The highest BCUT2D eigenvalue weighted by Crippen LogP contribution is 2.23. The van der Waals surface area contributed by atoms with E-state index in [1.54, 1.807) is 6.07 Å². The molecule has 2 heterocycles. The van der Waals surface area contributed by atoms with E-state index >= 15 is 0 Å². The number of fused-ring (bicyclic) bond motifs is 1. The fourth-order valence-corrected chi connectivity index (χ4v) is 2.82. The van der Waals surface area contributed by atoms with Gasteiger partial charge in [-0.25, -0.2) is 19.0 Å². The van der Waals surface area contributed by atoms with Crippen molar-refractivity contribution in [2.24, 2.45) is 0 Å². The first-order valence-corrected chi connectivity index (χ1v) is 8.29. The van der Waals surface area contributed by atoms with Gasteiger partial charge >= 0.3 is 0 Å². The number of carbonyl (C=O) groups is 1. The molecule has 3 rings (SSSR count). The highest BCUT2D eigenvalue weighted by Gasteiger charge is 2.13. The molecule has 0 aliphatic rings. The molecule has 0 aliphatic carbocycles. The second-order valence-corrected chi connectivity index (χ2v) is 6.40. The molecule has 10 heteroatoms. The van der Waals surface area contributed by atoms with E-state index in [-0.39, 0.29) is 12.5 Å². The molecule has 0 saturated carbocycles. The monoisotopic (exact) mass is 420 g/mol. The number of hydrogen-bond acceptors (Lipinski definition) is 6. The van der Waals surface area contributed by atoms with Crippen LogP contribution in [-0.4, -0.2) is 39.8 Å². The molecule has 0 unspecified atom stereocenters. The van der Waals surface area contributed by atoms with E-state index in [0.29, 0.717) is 15.4 Å². The zero-order valence-electron chi connectivity index (χ0n) is 13.9. The predicted molar refractivity (Wildman–Crippen MR) is 98.6 cm³/mol. The second-order valence-electron chi connectivity index (χ2n) is 5.65. The van der Waals surface area contributed by atoms with Gasteiger partial charge in [0.05, 0.1) is 17.8 Å². The van der Waals surface area contributed by atoms with Crippen molar-refractivity contribution in [3.63, 3.8) is 0 Å². The highest BCUT2D eigenvalue weighted by molar-refractivity contribution is 9.10. The molecule has 0 radical (unpaired) electrons. The Morgan fingerprint density at radius 2 is 1.96 bits per heavy atom. The second kappa shape index (κ2) is 7.16. The Kier molecular flexibility index (Phi) is 4.94. The average molecular weight is 421 g/mol. The Balaban J connectivity index is 1.89. The molecule has 1 N–H and O–H groups in total. The van der Waals surface area contributed by atoms with Gasteiger partial charge in [-0.3, -0.25) is 14.9 Å². The number of nitrogens with zero attached hydrogens (tertiary/aromatic N) is 5. The van der Waals surface area contributed by atoms with Crippen LogP contribution in [0.15, 0.2) is 40.0 Å². The van der Waals surface area contributed by atoms with Crippen LogP contribution in [-0.2, 0) is 11.3 Å². The number of amides is 1. The highest BCUT2D eigenvalue weighted by atomic mass is 79.9. The number of anilines is 2. The molecule has 8 nitrogen and oxygen atoms in total. The van der Waals surface area contributed by atoms with Crippen molar-refractivity contribution in [3.05, 3.63) is 51.4 Å². The first-order chi connectivity index (χ1) is 12.3. The molecule has 0 aliphatic heterocycles. The summed E-state index contributed by atoms with van der Waals surface area (Å²) in [6.45, 7) is -0.330. The van der Waals surface area contributed by atoms with Gasteiger partial charge in [-0.2, -0.15) is 5.10 Å². The molecule has 1 amide bonds. The molecular weight excluding hydrogens is 407 g/mol. The average Bonchev–Trinajstić information content (AvgIpc) is 2.61. The summed E-state index contributed by atoms with van der Waals surface area (Å²) in [6.07, 6.45) is 1.87. The van der Waals surface area contributed by atoms with Gasteiger partial charge in [0, 0.05) is 25.2 Å². The van der Waals surface area contributed by atoms with Crippen LogP contribution in [0.1, 0.15) is 0 Å². The van der Waals surface area contributed by atoms with Crippen molar-refractivity contribution in [1.82, 2.24) is 19.7 Å². The number of hydrogen-bond donors (Lipinski definition) is 1. The van der Waals surface area contributed by atoms with Crippen molar-refractivity contribution in [1.29, 1.82) is 0 Å². The minimum Gasteiger partial charge on any atom is -0.378 e. The number of rotatable bonds is 4. The van der Waals surface area contributed by atoms with E-state index in [9.17, 15) is 14.0 Å². The maximum absolute atomic E-state index is 12.8. The summed E-state index contributed by atoms with van der Waals surface area (Å²) in [5.41, 5.74) is 0.520. The standard InChI is InChI=1S/C16H14BrFN6O2/c1-23(2)10-3-4-11-12(5-10)14(17)22-24(15(11)26)8-13(25)21-16-19-6-9(18)7-20-16/h3-7H,8H2,1-2H3,(H,19,20,21,25). The lowest BCUT2D eigenvalue weighted by atomic mass is 10.1. The zero-order valence-corrected chi connectivity index (χ0v) is 15.5. The van der Waals surface area contributed by atoms with Crippen LogP contribution in [0, 0.1) is 5.82 Å². The van der Waals surface area contributed by atoms with Gasteiger partial charge in [-0.05, 0) is 34.1 Å². The summed E-state index contributed by atoms with van der Waals surface area (Å²) in [4.78, 5) is 33.9. The largest absolute Gasteiger partial charge is 0.378 e. The predicted octanol–water partition coefficient (Wildman–Crippen LogP) is 1.79. The maximum atomic E-state index is 12.8. The summed E-state index contributed by atoms with van der Waals surface area (Å²) in [6, 6.07) is 5.34. The van der Waals surface area contributed by atoms with E-state index in [2.05, 4.69) is 36.3 Å². The molecule has 1 aromatic carbocycles.